The quantitative estimate of drug-likeness (QED) is 0.459. The van der Waals surface area contributed by atoms with Crippen molar-refractivity contribution < 1.29 is 0 Å². The van der Waals surface area contributed by atoms with E-state index in [1.165, 1.54) is 32.5 Å². The van der Waals surface area contributed by atoms with Crippen molar-refractivity contribution >= 4 is 23.4 Å². The maximum absolute atomic E-state index is 6.26. The molecule has 138 valence electrons. The molecule has 1 aromatic heterocycles. The van der Waals surface area contributed by atoms with Crippen LogP contribution < -0.4 is 15.5 Å². The summed E-state index contributed by atoms with van der Waals surface area (Å²) in [6.07, 6.45) is 6.72. The lowest BCUT2D eigenvalue weighted by Gasteiger charge is -2.20. The number of nitrogens with zero attached hydrogens (tertiary/aromatic N) is 4. The molecule has 7 heteroatoms. The third-order valence-corrected chi connectivity index (χ3v) is 5.23. The first kappa shape index (κ1) is 18.3. The molecule has 0 radical (unpaired) electrons. The van der Waals surface area contributed by atoms with Crippen molar-refractivity contribution in [3.8, 4) is 0 Å². The summed E-state index contributed by atoms with van der Waals surface area (Å²) in [7, 11) is 1.83. The largest absolute Gasteiger partial charge is 0.356 e. The maximum atomic E-state index is 6.26. The molecule has 2 saturated heterocycles. The number of rotatable bonds is 6. The number of hydrogen-bond acceptors (Lipinski definition) is 4. The number of anilines is 1. The predicted octanol–water partition coefficient (Wildman–Crippen LogP) is 1.96. The van der Waals surface area contributed by atoms with E-state index in [9.17, 15) is 0 Å². The highest BCUT2D eigenvalue weighted by atomic mass is 35.5. The van der Waals surface area contributed by atoms with Gasteiger partial charge in [0, 0.05) is 38.9 Å². The van der Waals surface area contributed by atoms with Crippen LogP contribution in [0.4, 0.5) is 5.82 Å². The summed E-state index contributed by atoms with van der Waals surface area (Å²) in [5, 5.41) is 7.68. The van der Waals surface area contributed by atoms with Crippen LogP contribution in [0.2, 0.25) is 5.02 Å². The molecule has 1 aromatic rings. The Hall–Kier alpha value is -1.53. The maximum Gasteiger partial charge on any atom is 0.191 e. The Bertz CT molecular complexity index is 572. The molecule has 1 unspecified atom stereocenters. The van der Waals surface area contributed by atoms with Gasteiger partial charge in [-0.1, -0.05) is 11.6 Å². The van der Waals surface area contributed by atoms with Crippen molar-refractivity contribution in [2.45, 2.75) is 31.7 Å². The molecule has 25 heavy (non-hydrogen) atoms. The van der Waals surface area contributed by atoms with Gasteiger partial charge in [0.05, 0.1) is 5.02 Å². The van der Waals surface area contributed by atoms with Crippen LogP contribution in [0.5, 0.6) is 0 Å². The van der Waals surface area contributed by atoms with Gasteiger partial charge in [0.2, 0.25) is 0 Å². The van der Waals surface area contributed by atoms with E-state index in [1.807, 2.05) is 19.2 Å². The van der Waals surface area contributed by atoms with Crippen LogP contribution in [0.1, 0.15) is 25.7 Å². The summed E-state index contributed by atoms with van der Waals surface area (Å²) in [5.74, 6) is 1.77. The summed E-state index contributed by atoms with van der Waals surface area (Å²) >= 11 is 6.26. The first-order valence-electron chi connectivity index (χ1n) is 9.31. The molecule has 0 saturated carbocycles. The second kappa shape index (κ2) is 9.25. The van der Waals surface area contributed by atoms with E-state index in [0.717, 1.165) is 44.3 Å². The summed E-state index contributed by atoms with van der Waals surface area (Å²) in [6, 6.07) is 4.12. The Morgan fingerprint density at radius 2 is 2.20 bits per heavy atom. The van der Waals surface area contributed by atoms with Crippen LogP contribution in [-0.2, 0) is 0 Å². The second-order valence-electron chi connectivity index (χ2n) is 6.79. The van der Waals surface area contributed by atoms with Gasteiger partial charge >= 0.3 is 0 Å². The number of aromatic nitrogens is 1. The standard InChI is InChI=1S/C18H29ClN6/c1-20-18(22-9-5-12-24-10-2-3-11-24)23-15-7-13-25(14-15)17-16(19)6-4-8-21-17/h4,6,8,15H,2-3,5,7,9-14H2,1H3,(H2,20,22,23). The Kier molecular flexibility index (Phi) is 6.76. The SMILES string of the molecule is CN=C(NCCCN1CCCC1)NC1CCN(c2ncccc2Cl)C1. The lowest BCUT2D eigenvalue weighted by Crippen LogP contribution is -2.45. The highest BCUT2D eigenvalue weighted by Gasteiger charge is 2.25. The van der Waals surface area contributed by atoms with Gasteiger partial charge in [0.1, 0.15) is 5.82 Å². The summed E-state index contributed by atoms with van der Waals surface area (Å²) in [6.45, 7) is 6.52. The Morgan fingerprint density at radius 3 is 2.96 bits per heavy atom. The Morgan fingerprint density at radius 1 is 1.36 bits per heavy atom. The van der Waals surface area contributed by atoms with Gasteiger partial charge in [-0.2, -0.15) is 0 Å². The molecule has 1 atom stereocenters. The number of aliphatic imine (C=N–C) groups is 1. The average molecular weight is 365 g/mol. The van der Waals surface area contributed by atoms with Crippen LogP contribution >= 0.6 is 11.6 Å². The van der Waals surface area contributed by atoms with Gasteiger partial charge in [0.15, 0.2) is 5.96 Å². The molecule has 2 N–H and O–H groups in total. The summed E-state index contributed by atoms with van der Waals surface area (Å²) in [4.78, 5) is 13.5. The second-order valence-corrected chi connectivity index (χ2v) is 7.19. The highest BCUT2D eigenvalue weighted by molar-refractivity contribution is 6.32. The fourth-order valence-electron chi connectivity index (χ4n) is 3.58. The molecule has 0 spiro atoms. The minimum Gasteiger partial charge on any atom is -0.356 e. The summed E-state index contributed by atoms with van der Waals surface area (Å²) < 4.78 is 0. The van der Waals surface area contributed by atoms with Crippen LogP contribution in [0.15, 0.2) is 23.3 Å². The van der Waals surface area contributed by atoms with E-state index < -0.39 is 0 Å². The number of pyridine rings is 1. The number of hydrogen-bond donors (Lipinski definition) is 2. The van der Waals surface area contributed by atoms with Crippen molar-refractivity contribution in [3.05, 3.63) is 23.4 Å². The zero-order chi connectivity index (χ0) is 17.5. The van der Waals surface area contributed by atoms with Crippen molar-refractivity contribution in [2.75, 3.05) is 51.2 Å². The van der Waals surface area contributed by atoms with E-state index in [0.29, 0.717) is 11.1 Å². The third-order valence-electron chi connectivity index (χ3n) is 4.93. The molecule has 2 fully saturated rings. The lowest BCUT2D eigenvalue weighted by atomic mass is 10.3. The lowest BCUT2D eigenvalue weighted by molar-refractivity contribution is 0.334. The van der Waals surface area contributed by atoms with Crippen molar-refractivity contribution in [1.29, 1.82) is 0 Å². The van der Waals surface area contributed by atoms with Crippen molar-refractivity contribution in [1.82, 2.24) is 20.5 Å². The van der Waals surface area contributed by atoms with Crippen LogP contribution in [0.3, 0.4) is 0 Å². The molecule has 0 amide bonds. The van der Waals surface area contributed by atoms with Gasteiger partial charge in [-0.05, 0) is 57.5 Å². The fraction of sp³-hybridized carbons (Fsp3) is 0.667. The Labute approximate surface area is 155 Å². The molecular weight excluding hydrogens is 336 g/mol. The van der Waals surface area contributed by atoms with Gasteiger partial charge in [-0.3, -0.25) is 4.99 Å². The van der Waals surface area contributed by atoms with Crippen molar-refractivity contribution in [3.63, 3.8) is 0 Å². The molecule has 0 aliphatic carbocycles. The number of nitrogens with one attached hydrogen (secondary N) is 2. The van der Waals surface area contributed by atoms with E-state index in [2.05, 4.69) is 30.4 Å². The minimum atomic E-state index is 0.364. The van der Waals surface area contributed by atoms with E-state index in [4.69, 9.17) is 11.6 Å². The molecule has 2 aliphatic rings. The number of guanidine groups is 1. The molecule has 0 bridgehead atoms. The van der Waals surface area contributed by atoms with E-state index >= 15 is 0 Å². The van der Waals surface area contributed by atoms with Gasteiger partial charge in [-0.15, -0.1) is 0 Å². The average Bonchev–Trinajstić information content (AvgIpc) is 3.30. The molecule has 3 rings (SSSR count). The zero-order valence-electron chi connectivity index (χ0n) is 15.0. The first-order chi connectivity index (χ1) is 12.3. The molecular formula is C18H29ClN6. The zero-order valence-corrected chi connectivity index (χ0v) is 15.8. The monoisotopic (exact) mass is 364 g/mol. The highest BCUT2D eigenvalue weighted by Crippen LogP contribution is 2.25. The molecule has 3 heterocycles. The summed E-state index contributed by atoms with van der Waals surface area (Å²) in [5.41, 5.74) is 0. The molecule has 0 aromatic carbocycles. The smallest absolute Gasteiger partial charge is 0.191 e. The van der Waals surface area contributed by atoms with Gasteiger partial charge in [-0.25, -0.2) is 4.98 Å². The fourth-order valence-corrected chi connectivity index (χ4v) is 3.83. The van der Waals surface area contributed by atoms with Gasteiger partial charge < -0.3 is 20.4 Å². The first-order valence-corrected chi connectivity index (χ1v) is 9.69. The normalized spacial score (nSPS) is 21.8. The number of likely N-dealkylation sites (tertiary alicyclic amines) is 1. The number of halogens is 1. The van der Waals surface area contributed by atoms with Crippen LogP contribution in [-0.4, -0.2) is 68.2 Å². The Balaban J connectivity index is 1.39. The van der Waals surface area contributed by atoms with E-state index in [-0.39, 0.29) is 0 Å². The third kappa shape index (κ3) is 5.22. The van der Waals surface area contributed by atoms with Crippen LogP contribution in [0, 0.1) is 0 Å². The predicted molar refractivity (Wildman–Crippen MR) is 105 cm³/mol. The van der Waals surface area contributed by atoms with Crippen LogP contribution in [0.25, 0.3) is 0 Å². The minimum absolute atomic E-state index is 0.364. The molecule has 6 nitrogen and oxygen atoms in total. The molecule has 2 aliphatic heterocycles. The van der Waals surface area contributed by atoms with Gasteiger partial charge in [0.25, 0.3) is 0 Å². The van der Waals surface area contributed by atoms with Crippen molar-refractivity contribution in [2.24, 2.45) is 4.99 Å². The topological polar surface area (TPSA) is 55.8 Å². The van der Waals surface area contributed by atoms with E-state index in [1.54, 1.807) is 6.20 Å².